The van der Waals surface area contributed by atoms with E-state index in [0.717, 1.165) is 13.0 Å². The number of carboxylic acids is 1. The number of nitrogens with one attached hydrogen (secondary N) is 1. The van der Waals surface area contributed by atoms with Gasteiger partial charge in [-0.05, 0) is 6.42 Å². The van der Waals surface area contributed by atoms with Crippen molar-refractivity contribution in [3.8, 4) is 0 Å². The molecular formula is C7H13NO3. The number of carboxylic acid groups (broad SMARTS) is 1. The van der Waals surface area contributed by atoms with Gasteiger partial charge >= 0.3 is 5.97 Å². The van der Waals surface area contributed by atoms with E-state index in [0.29, 0.717) is 6.61 Å². The highest BCUT2D eigenvalue weighted by Crippen LogP contribution is 2.07. The summed E-state index contributed by atoms with van der Waals surface area (Å²) in [5.41, 5.74) is 0. The van der Waals surface area contributed by atoms with Gasteiger partial charge in [-0.2, -0.15) is 0 Å². The molecule has 4 heteroatoms. The predicted octanol–water partition coefficient (Wildman–Crippen LogP) is -0.162. The molecule has 0 saturated carbocycles. The van der Waals surface area contributed by atoms with E-state index in [1.165, 1.54) is 0 Å². The number of hydrogen-bond acceptors (Lipinski definition) is 3. The van der Waals surface area contributed by atoms with Crippen molar-refractivity contribution in [3.05, 3.63) is 0 Å². The van der Waals surface area contributed by atoms with E-state index in [1.807, 2.05) is 6.92 Å². The zero-order valence-electron chi connectivity index (χ0n) is 6.54. The highest BCUT2D eigenvalue weighted by atomic mass is 16.5. The van der Waals surface area contributed by atoms with Gasteiger partial charge in [0.15, 0.2) is 6.10 Å². The second-order valence-electron chi connectivity index (χ2n) is 2.60. The average molecular weight is 159 g/mol. The normalized spacial score (nSPS) is 31.7. The van der Waals surface area contributed by atoms with Gasteiger partial charge in [-0.25, -0.2) is 4.79 Å². The Morgan fingerprint density at radius 2 is 2.55 bits per heavy atom. The first-order valence-electron chi connectivity index (χ1n) is 3.83. The molecule has 1 saturated heterocycles. The summed E-state index contributed by atoms with van der Waals surface area (Å²) in [7, 11) is 0. The maximum Gasteiger partial charge on any atom is 0.334 e. The molecule has 0 aromatic carbocycles. The second kappa shape index (κ2) is 3.69. The Kier molecular flexibility index (Phi) is 2.84. The van der Waals surface area contributed by atoms with E-state index in [2.05, 4.69) is 5.32 Å². The lowest BCUT2D eigenvalue weighted by molar-refractivity contribution is -0.155. The first kappa shape index (κ1) is 8.49. The van der Waals surface area contributed by atoms with Crippen LogP contribution in [0.2, 0.25) is 0 Å². The maximum absolute atomic E-state index is 10.6. The molecule has 2 atom stereocenters. The fourth-order valence-corrected chi connectivity index (χ4v) is 1.26. The van der Waals surface area contributed by atoms with Crippen molar-refractivity contribution >= 4 is 5.97 Å². The van der Waals surface area contributed by atoms with E-state index in [9.17, 15) is 4.79 Å². The maximum atomic E-state index is 10.6. The zero-order valence-corrected chi connectivity index (χ0v) is 6.54. The molecule has 0 aliphatic carbocycles. The van der Waals surface area contributed by atoms with E-state index in [4.69, 9.17) is 9.84 Å². The van der Waals surface area contributed by atoms with Gasteiger partial charge in [0.25, 0.3) is 0 Å². The molecule has 64 valence electrons. The number of ether oxygens (including phenoxy) is 1. The van der Waals surface area contributed by atoms with Crippen molar-refractivity contribution in [3.63, 3.8) is 0 Å². The van der Waals surface area contributed by atoms with E-state index >= 15 is 0 Å². The molecule has 4 nitrogen and oxygen atoms in total. The third-order valence-corrected chi connectivity index (χ3v) is 1.85. The van der Waals surface area contributed by atoms with Gasteiger partial charge in [0, 0.05) is 12.6 Å². The molecule has 0 amide bonds. The molecule has 0 bridgehead atoms. The Bertz CT molecular complexity index is 149. The summed E-state index contributed by atoms with van der Waals surface area (Å²) in [5, 5.41) is 11.8. The lowest BCUT2D eigenvalue weighted by atomic mass is 10.1. The summed E-state index contributed by atoms with van der Waals surface area (Å²) in [5.74, 6) is -0.871. The van der Waals surface area contributed by atoms with Crippen LogP contribution in [0, 0.1) is 0 Å². The third kappa shape index (κ3) is 1.91. The lowest BCUT2D eigenvalue weighted by Gasteiger charge is -2.28. The number of rotatable bonds is 2. The molecule has 0 radical (unpaired) electrons. The van der Waals surface area contributed by atoms with E-state index in [1.54, 1.807) is 0 Å². The van der Waals surface area contributed by atoms with Gasteiger partial charge in [-0.3, -0.25) is 0 Å². The van der Waals surface area contributed by atoms with Crippen LogP contribution < -0.4 is 5.32 Å². The highest BCUT2D eigenvalue weighted by molar-refractivity contribution is 5.73. The zero-order chi connectivity index (χ0) is 8.27. The second-order valence-corrected chi connectivity index (χ2v) is 2.60. The van der Waals surface area contributed by atoms with Crippen LogP contribution in [0.5, 0.6) is 0 Å². The van der Waals surface area contributed by atoms with Crippen molar-refractivity contribution in [2.45, 2.75) is 25.5 Å². The van der Waals surface area contributed by atoms with Crippen LogP contribution in [-0.2, 0) is 9.53 Å². The van der Waals surface area contributed by atoms with Gasteiger partial charge in [0.1, 0.15) is 0 Å². The number of aliphatic carboxylic acids is 1. The fraction of sp³-hybridized carbons (Fsp3) is 0.857. The van der Waals surface area contributed by atoms with Crippen molar-refractivity contribution in [1.82, 2.24) is 5.32 Å². The topological polar surface area (TPSA) is 58.6 Å². The molecule has 2 N–H and O–H groups in total. The van der Waals surface area contributed by atoms with Crippen LogP contribution in [0.25, 0.3) is 0 Å². The molecule has 1 rings (SSSR count). The molecule has 1 fully saturated rings. The Labute approximate surface area is 65.5 Å². The molecule has 11 heavy (non-hydrogen) atoms. The Hall–Kier alpha value is -0.610. The Morgan fingerprint density at radius 3 is 3.00 bits per heavy atom. The fourth-order valence-electron chi connectivity index (χ4n) is 1.26. The van der Waals surface area contributed by atoms with Gasteiger partial charge in [0.2, 0.25) is 0 Å². The van der Waals surface area contributed by atoms with Gasteiger partial charge in [-0.15, -0.1) is 0 Å². The number of hydrogen-bond donors (Lipinski definition) is 2. The van der Waals surface area contributed by atoms with Gasteiger partial charge in [-0.1, -0.05) is 6.92 Å². The average Bonchev–Trinajstić information content (AvgIpc) is 2.04. The highest BCUT2D eigenvalue weighted by Gasteiger charge is 2.29. The lowest BCUT2D eigenvalue weighted by Crippen LogP contribution is -2.51. The summed E-state index contributed by atoms with van der Waals surface area (Å²) in [6.45, 7) is 3.19. The summed E-state index contributed by atoms with van der Waals surface area (Å²) in [6.07, 6.45) is 0.130. The summed E-state index contributed by atoms with van der Waals surface area (Å²) in [4.78, 5) is 10.6. The minimum Gasteiger partial charge on any atom is -0.479 e. The molecule has 0 spiro atoms. The van der Waals surface area contributed by atoms with Crippen LogP contribution in [0.15, 0.2) is 0 Å². The monoisotopic (exact) mass is 159 g/mol. The first-order valence-corrected chi connectivity index (χ1v) is 3.83. The molecule has 0 aromatic rings. The van der Waals surface area contributed by atoms with E-state index < -0.39 is 12.1 Å². The molecule has 1 aliphatic heterocycles. The molecule has 1 heterocycles. The smallest absolute Gasteiger partial charge is 0.334 e. The quantitative estimate of drug-likeness (QED) is 0.587. The van der Waals surface area contributed by atoms with Crippen LogP contribution in [0.1, 0.15) is 13.3 Å². The molecular weight excluding hydrogens is 146 g/mol. The van der Waals surface area contributed by atoms with Crippen LogP contribution >= 0.6 is 0 Å². The summed E-state index contributed by atoms with van der Waals surface area (Å²) >= 11 is 0. The summed E-state index contributed by atoms with van der Waals surface area (Å²) < 4.78 is 5.08. The third-order valence-electron chi connectivity index (χ3n) is 1.85. The Balaban J connectivity index is 2.51. The molecule has 0 unspecified atom stereocenters. The predicted molar refractivity (Wildman–Crippen MR) is 39.5 cm³/mol. The number of carbonyl (C=O) groups is 1. The largest absolute Gasteiger partial charge is 0.479 e. The first-order chi connectivity index (χ1) is 5.25. The Morgan fingerprint density at radius 1 is 1.82 bits per heavy atom. The van der Waals surface area contributed by atoms with Crippen molar-refractivity contribution < 1.29 is 14.6 Å². The SMILES string of the molecule is CC[C@H]1NCCO[C@H]1C(=O)O. The van der Waals surface area contributed by atoms with Crippen LogP contribution in [-0.4, -0.2) is 36.4 Å². The molecule has 0 aromatic heterocycles. The summed E-state index contributed by atoms with van der Waals surface area (Å²) in [6, 6.07) is -0.0266. The number of morpholine rings is 1. The van der Waals surface area contributed by atoms with Crippen molar-refractivity contribution in [1.29, 1.82) is 0 Å². The van der Waals surface area contributed by atoms with Crippen molar-refractivity contribution in [2.75, 3.05) is 13.2 Å². The standard InChI is InChI=1S/C7H13NO3/c1-2-5-6(7(9)10)11-4-3-8-5/h5-6,8H,2-4H2,1H3,(H,9,10)/t5-,6-/m1/s1. The minimum atomic E-state index is -0.871. The van der Waals surface area contributed by atoms with Crippen LogP contribution in [0.3, 0.4) is 0 Å². The van der Waals surface area contributed by atoms with E-state index in [-0.39, 0.29) is 6.04 Å². The van der Waals surface area contributed by atoms with Gasteiger partial charge < -0.3 is 15.2 Å². The van der Waals surface area contributed by atoms with Gasteiger partial charge in [0.05, 0.1) is 6.61 Å². The molecule has 1 aliphatic rings. The van der Waals surface area contributed by atoms with Crippen molar-refractivity contribution in [2.24, 2.45) is 0 Å². The minimum absolute atomic E-state index is 0.0266. The van der Waals surface area contributed by atoms with Crippen LogP contribution in [0.4, 0.5) is 0 Å².